The lowest BCUT2D eigenvalue weighted by atomic mass is 9.77. The quantitative estimate of drug-likeness (QED) is 0.427. The second kappa shape index (κ2) is 6.15. The van der Waals surface area contributed by atoms with Gasteiger partial charge < -0.3 is 19.5 Å². The summed E-state index contributed by atoms with van der Waals surface area (Å²) in [5, 5.41) is 2.57. The van der Waals surface area contributed by atoms with Gasteiger partial charge >= 0.3 is 5.97 Å². The van der Waals surface area contributed by atoms with E-state index in [4.69, 9.17) is 14.2 Å². The fourth-order valence-corrected chi connectivity index (χ4v) is 2.33. The molecule has 0 aromatic carbocycles. The van der Waals surface area contributed by atoms with E-state index in [0.29, 0.717) is 0 Å². The first-order valence-corrected chi connectivity index (χ1v) is 5.95. The molecule has 2 unspecified atom stereocenters. The average molecular weight is 259 g/mol. The predicted octanol–water partition coefficient (Wildman–Crippen LogP) is 0.513. The Hall–Kier alpha value is -1.14. The van der Waals surface area contributed by atoms with Gasteiger partial charge in [0, 0.05) is 27.1 Å². The average Bonchev–Trinajstić information content (AvgIpc) is 2.27. The summed E-state index contributed by atoms with van der Waals surface area (Å²) in [6, 6.07) is 0. The van der Waals surface area contributed by atoms with Crippen molar-refractivity contribution in [2.45, 2.75) is 33.3 Å². The molecule has 3 atom stereocenters. The van der Waals surface area contributed by atoms with Gasteiger partial charge in [0.25, 0.3) is 0 Å². The largest absolute Gasteiger partial charge is 0.441 e. The lowest BCUT2D eigenvalue weighted by Gasteiger charge is -2.43. The van der Waals surface area contributed by atoms with E-state index in [1.54, 1.807) is 0 Å². The molecule has 1 heterocycles. The number of rotatable bonds is 6. The maximum atomic E-state index is 11.7. The zero-order chi connectivity index (χ0) is 13.9. The van der Waals surface area contributed by atoms with Crippen molar-refractivity contribution in [1.29, 1.82) is 0 Å². The van der Waals surface area contributed by atoms with Gasteiger partial charge in [-0.05, 0) is 5.92 Å². The Morgan fingerprint density at radius 3 is 2.17 bits per heavy atom. The Morgan fingerprint density at radius 2 is 1.83 bits per heavy atom. The second-order valence-electron chi connectivity index (χ2n) is 4.73. The third kappa shape index (κ3) is 3.00. The lowest BCUT2D eigenvalue weighted by Crippen LogP contribution is -2.64. The first kappa shape index (κ1) is 14.9. The molecule has 1 aliphatic rings. The van der Waals surface area contributed by atoms with E-state index in [1.165, 1.54) is 21.1 Å². The molecule has 6 nitrogen and oxygen atoms in total. The van der Waals surface area contributed by atoms with Crippen molar-refractivity contribution in [3.8, 4) is 0 Å². The molecule has 0 bridgehead atoms. The van der Waals surface area contributed by atoms with Crippen LogP contribution >= 0.6 is 0 Å². The highest BCUT2D eigenvalue weighted by Crippen LogP contribution is 2.34. The van der Waals surface area contributed by atoms with Crippen molar-refractivity contribution in [2.75, 3.05) is 14.2 Å². The maximum absolute atomic E-state index is 11.7. The van der Waals surface area contributed by atoms with Crippen molar-refractivity contribution in [3.63, 3.8) is 0 Å². The van der Waals surface area contributed by atoms with E-state index in [1.807, 2.05) is 13.8 Å². The van der Waals surface area contributed by atoms with Crippen LogP contribution in [0.2, 0.25) is 0 Å². The van der Waals surface area contributed by atoms with Crippen LogP contribution in [0.15, 0.2) is 0 Å². The molecule has 18 heavy (non-hydrogen) atoms. The van der Waals surface area contributed by atoms with Crippen molar-refractivity contribution in [2.24, 2.45) is 17.8 Å². The van der Waals surface area contributed by atoms with E-state index in [2.05, 4.69) is 5.32 Å². The third-order valence-corrected chi connectivity index (χ3v) is 3.17. The minimum absolute atomic E-state index is 0.140. The minimum Gasteiger partial charge on any atom is -0.441 e. The fourth-order valence-electron chi connectivity index (χ4n) is 2.33. The Balaban J connectivity index is 2.83. The van der Waals surface area contributed by atoms with Gasteiger partial charge in [0.15, 0.2) is 12.5 Å². The van der Waals surface area contributed by atoms with Crippen LogP contribution in [0.5, 0.6) is 0 Å². The Bertz CT molecular complexity index is 314. The molecule has 104 valence electrons. The molecular weight excluding hydrogens is 238 g/mol. The number of carbonyl (C=O) groups excluding carboxylic acids is 2. The SMILES string of the molecule is COC(OC)[C@H](C(C)C)C1C(=O)NC1OC(C)=O. The smallest absolute Gasteiger partial charge is 0.304 e. The Kier molecular flexibility index (Phi) is 5.10. The summed E-state index contributed by atoms with van der Waals surface area (Å²) in [5.74, 6) is -1.00. The van der Waals surface area contributed by atoms with Crippen molar-refractivity contribution in [1.82, 2.24) is 5.32 Å². The summed E-state index contributed by atoms with van der Waals surface area (Å²) in [5.41, 5.74) is 0. The van der Waals surface area contributed by atoms with Gasteiger partial charge in [0.05, 0.1) is 0 Å². The highest BCUT2D eigenvalue weighted by molar-refractivity contribution is 5.86. The van der Waals surface area contributed by atoms with Crippen LogP contribution in [-0.4, -0.2) is 38.6 Å². The highest BCUT2D eigenvalue weighted by Gasteiger charge is 2.50. The van der Waals surface area contributed by atoms with Crippen LogP contribution in [0, 0.1) is 17.8 Å². The normalized spacial score (nSPS) is 24.7. The second-order valence-corrected chi connectivity index (χ2v) is 4.73. The number of methoxy groups -OCH3 is 2. The standard InChI is InChI=1S/C12H21NO5/c1-6(2)8(12(16-4)17-5)9-10(15)13-11(9)18-7(3)14/h6,8-9,11-12H,1-5H3,(H,13,15)/t8-,9?,11?/m1/s1. The number of ether oxygens (including phenoxy) is 3. The van der Waals surface area contributed by atoms with Crippen LogP contribution in [0.4, 0.5) is 0 Å². The fraction of sp³-hybridized carbons (Fsp3) is 0.833. The molecule has 0 aromatic rings. The maximum Gasteiger partial charge on any atom is 0.304 e. The minimum atomic E-state index is -0.588. The zero-order valence-corrected chi connectivity index (χ0v) is 11.4. The molecule has 1 saturated heterocycles. The molecule has 0 aliphatic carbocycles. The van der Waals surface area contributed by atoms with E-state index < -0.39 is 24.4 Å². The topological polar surface area (TPSA) is 73.9 Å². The molecule has 0 spiro atoms. The van der Waals surface area contributed by atoms with E-state index >= 15 is 0 Å². The van der Waals surface area contributed by atoms with Crippen LogP contribution in [0.3, 0.4) is 0 Å². The van der Waals surface area contributed by atoms with E-state index in [-0.39, 0.29) is 17.7 Å². The summed E-state index contributed by atoms with van der Waals surface area (Å²) in [6.07, 6.45) is -1.09. The number of amides is 1. The molecule has 1 amide bonds. The molecule has 1 rings (SSSR count). The zero-order valence-electron chi connectivity index (χ0n) is 11.4. The number of nitrogens with one attached hydrogen (secondary N) is 1. The molecule has 0 radical (unpaired) electrons. The first-order valence-electron chi connectivity index (χ1n) is 5.95. The summed E-state index contributed by atoms with van der Waals surface area (Å²) in [4.78, 5) is 22.7. The van der Waals surface area contributed by atoms with E-state index in [9.17, 15) is 9.59 Å². The number of esters is 1. The van der Waals surface area contributed by atoms with Crippen molar-refractivity contribution < 1.29 is 23.8 Å². The Labute approximate surface area is 107 Å². The lowest BCUT2D eigenvalue weighted by molar-refractivity contribution is -0.201. The number of hydrogen-bond acceptors (Lipinski definition) is 5. The molecule has 0 aromatic heterocycles. The summed E-state index contributed by atoms with van der Waals surface area (Å²) < 4.78 is 15.5. The summed E-state index contributed by atoms with van der Waals surface area (Å²) >= 11 is 0. The summed E-state index contributed by atoms with van der Waals surface area (Å²) in [7, 11) is 3.06. The number of carbonyl (C=O) groups is 2. The predicted molar refractivity (Wildman–Crippen MR) is 63.3 cm³/mol. The molecule has 1 N–H and O–H groups in total. The van der Waals surface area contributed by atoms with Crippen LogP contribution in [0.25, 0.3) is 0 Å². The third-order valence-electron chi connectivity index (χ3n) is 3.17. The van der Waals surface area contributed by atoms with Gasteiger partial charge in [-0.2, -0.15) is 0 Å². The van der Waals surface area contributed by atoms with E-state index in [0.717, 1.165) is 0 Å². The van der Waals surface area contributed by atoms with Gasteiger partial charge in [-0.25, -0.2) is 0 Å². The summed E-state index contributed by atoms with van der Waals surface area (Å²) in [6.45, 7) is 5.27. The van der Waals surface area contributed by atoms with Crippen LogP contribution < -0.4 is 5.32 Å². The highest BCUT2D eigenvalue weighted by atomic mass is 16.7. The van der Waals surface area contributed by atoms with Crippen LogP contribution in [-0.2, 0) is 23.8 Å². The molecule has 1 fully saturated rings. The van der Waals surface area contributed by atoms with Gasteiger partial charge in [0.2, 0.25) is 5.91 Å². The van der Waals surface area contributed by atoms with Gasteiger partial charge in [0.1, 0.15) is 5.92 Å². The van der Waals surface area contributed by atoms with Gasteiger partial charge in [-0.1, -0.05) is 13.8 Å². The van der Waals surface area contributed by atoms with Gasteiger partial charge in [-0.3, -0.25) is 9.59 Å². The molecule has 0 saturated carbocycles. The number of β-lactam (4-membered cyclic amide) rings is 1. The Morgan fingerprint density at radius 1 is 1.28 bits per heavy atom. The van der Waals surface area contributed by atoms with Gasteiger partial charge in [-0.15, -0.1) is 0 Å². The number of hydrogen-bond donors (Lipinski definition) is 1. The van der Waals surface area contributed by atoms with Crippen LogP contribution in [0.1, 0.15) is 20.8 Å². The van der Waals surface area contributed by atoms with Crippen molar-refractivity contribution >= 4 is 11.9 Å². The monoisotopic (exact) mass is 259 g/mol. The van der Waals surface area contributed by atoms with Crippen molar-refractivity contribution in [3.05, 3.63) is 0 Å². The first-order chi connectivity index (χ1) is 8.42. The molecule has 1 aliphatic heterocycles. The molecule has 6 heteroatoms. The molecular formula is C12H21NO5.